The van der Waals surface area contributed by atoms with Crippen LogP contribution in [-0.2, 0) is 0 Å². The molecule has 0 spiro atoms. The lowest BCUT2D eigenvalue weighted by molar-refractivity contribution is -0.0681. The SMILES string of the molecule is NC(c1ccc(O)c(O)c1O)C12CC3CC(CC(C3)C1)C2. The van der Waals surface area contributed by atoms with Crippen LogP contribution in [0.3, 0.4) is 0 Å². The Kier molecular flexibility index (Phi) is 2.71. The first-order chi connectivity index (χ1) is 9.98. The van der Waals surface area contributed by atoms with Crippen molar-refractivity contribution >= 4 is 0 Å². The molecule has 4 bridgehead atoms. The van der Waals surface area contributed by atoms with Crippen LogP contribution >= 0.6 is 0 Å². The molecule has 4 nitrogen and oxygen atoms in total. The van der Waals surface area contributed by atoms with Crippen molar-refractivity contribution in [1.82, 2.24) is 0 Å². The van der Waals surface area contributed by atoms with E-state index in [2.05, 4.69) is 0 Å². The van der Waals surface area contributed by atoms with Crippen molar-refractivity contribution in [3.05, 3.63) is 17.7 Å². The minimum absolute atomic E-state index is 0.0651. The molecule has 4 fully saturated rings. The zero-order chi connectivity index (χ0) is 14.8. The largest absolute Gasteiger partial charge is 0.504 e. The molecule has 4 aliphatic rings. The molecule has 4 heteroatoms. The van der Waals surface area contributed by atoms with Crippen molar-refractivity contribution in [2.45, 2.75) is 44.6 Å². The van der Waals surface area contributed by atoms with Crippen molar-refractivity contribution in [1.29, 1.82) is 0 Å². The lowest BCUT2D eigenvalue weighted by Gasteiger charge is -2.59. The van der Waals surface area contributed by atoms with Crippen LogP contribution in [0.15, 0.2) is 12.1 Å². The highest BCUT2D eigenvalue weighted by molar-refractivity contribution is 5.54. The second-order valence-electron chi connectivity index (χ2n) is 7.63. The van der Waals surface area contributed by atoms with Crippen molar-refractivity contribution in [2.24, 2.45) is 28.9 Å². The maximum Gasteiger partial charge on any atom is 0.200 e. The van der Waals surface area contributed by atoms with E-state index in [0.29, 0.717) is 5.56 Å². The van der Waals surface area contributed by atoms with Gasteiger partial charge in [0.2, 0.25) is 5.75 Å². The summed E-state index contributed by atoms with van der Waals surface area (Å²) in [7, 11) is 0. The van der Waals surface area contributed by atoms with E-state index in [4.69, 9.17) is 5.73 Å². The van der Waals surface area contributed by atoms with Crippen molar-refractivity contribution in [3.8, 4) is 17.2 Å². The predicted molar refractivity (Wildman–Crippen MR) is 79.0 cm³/mol. The maximum atomic E-state index is 10.2. The van der Waals surface area contributed by atoms with Crippen LogP contribution in [-0.4, -0.2) is 15.3 Å². The summed E-state index contributed by atoms with van der Waals surface area (Å²) in [5, 5.41) is 29.4. The molecule has 0 amide bonds. The topological polar surface area (TPSA) is 86.7 Å². The fraction of sp³-hybridized carbons (Fsp3) is 0.647. The van der Waals surface area contributed by atoms with Gasteiger partial charge in [-0.2, -0.15) is 0 Å². The van der Waals surface area contributed by atoms with Gasteiger partial charge in [-0.05, 0) is 73.8 Å². The minimum Gasteiger partial charge on any atom is -0.504 e. The normalized spacial score (nSPS) is 38.6. The molecule has 0 radical (unpaired) electrons. The number of phenolic OH excluding ortho intramolecular Hbond substituents is 3. The second-order valence-corrected chi connectivity index (χ2v) is 7.63. The minimum atomic E-state index is -0.451. The Morgan fingerprint density at radius 1 is 0.905 bits per heavy atom. The molecule has 1 aromatic rings. The van der Waals surface area contributed by atoms with E-state index >= 15 is 0 Å². The van der Waals surface area contributed by atoms with Crippen LogP contribution in [0.1, 0.15) is 50.1 Å². The predicted octanol–water partition coefficient (Wildman–Crippen LogP) is 3.02. The molecular formula is C17H23NO3. The molecule has 1 atom stereocenters. The van der Waals surface area contributed by atoms with Crippen LogP contribution in [0.5, 0.6) is 17.2 Å². The summed E-state index contributed by atoms with van der Waals surface area (Å²) >= 11 is 0. The summed E-state index contributed by atoms with van der Waals surface area (Å²) in [5.74, 6) is 1.36. The number of rotatable bonds is 2. The molecule has 0 saturated heterocycles. The smallest absolute Gasteiger partial charge is 0.200 e. The highest BCUT2D eigenvalue weighted by atomic mass is 16.3. The van der Waals surface area contributed by atoms with Gasteiger partial charge in [0.1, 0.15) is 0 Å². The van der Waals surface area contributed by atoms with Gasteiger partial charge in [-0.25, -0.2) is 0 Å². The lowest BCUT2D eigenvalue weighted by atomic mass is 9.47. The number of nitrogens with two attached hydrogens (primary N) is 1. The Hall–Kier alpha value is -1.42. The van der Waals surface area contributed by atoms with Crippen molar-refractivity contribution < 1.29 is 15.3 Å². The van der Waals surface area contributed by atoms with Gasteiger partial charge in [-0.15, -0.1) is 0 Å². The molecule has 1 unspecified atom stereocenters. The van der Waals surface area contributed by atoms with Gasteiger partial charge in [0.15, 0.2) is 11.5 Å². The molecule has 0 aliphatic heterocycles. The fourth-order valence-corrected chi connectivity index (χ4v) is 5.72. The summed E-state index contributed by atoms with van der Waals surface area (Å²) in [6.07, 6.45) is 7.46. The van der Waals surface area contributed by atoms with Crippen LogP contribution in [0.25, 0.3) is 0 Å². The highest BCUT2D eigenvalue weighted by Crippen LogP contribution is 2.64. The Bertz CT molecular complexity index is 548. The first-order valence-electron chi connectivity index (χ1n) is 7.98. The Labute approximate surface area is 124 Å². The monoisotopic (exact) mass is 289 g/mol. The summed E-state index contributed by atoms with van der Waals surface area (Å²) in [6, 6.07) is 2.82. The van der Waals surface area contributed by atoms with E-state index in [0.717, 1.165) is 37.0 Å². The third-order valence-corrected chi connectivity index (χ3v) is 6.24. The molecule has 4 saturated carbocycles. The van der Waals surface area contributed by atoms with E-state index in [9.17, 15) is 15.3 Å². The maximum absolute atomic E-state index is 10.2. The summed E-state index contributed by atoms with van der Waals surface area (Å²) < 4.78 is 0. The molecule has 0 heterocycles. The molecule has 4 aliphatic carbocycles. The van der Waals surface area contributed by atoms with E-state index in [1.54, 1.807) is 6.07 Å². The number of hydrogen-bond acceptors (Lipinski definition) is 4. The Morgan fingerprint density at radius 2 is 1.43 bits per heavy atom. The Morgan fingerprint density at radius 3 is 1.95 bits per heavy atom. The van der Waals surface area contributed by atoms with Gasteiger partial charge in [0.25, 0.3) is 0 Å². The molecular weight excluding hydrogens is 266 g/mol. The first kappa shape index (κ1) is 13.3. The van der Waals surface area contributed by atoms with Crippen LogP contribution in [0.4, 0.5) is 0 Å². The van der Waals surface area contributed by atoms with Gasteiger partial charge in [0, 0.05) is 11.6 Å². The standard InChI is InChI=1S/C17H23NO3/c18-16(12-1-2-13(19)15(21)14(12)20)17-6-9-3-10(7-17)5-11(4-9)8-17/h1-2,9-11,16,19-21H,3-8,18H2. The van der Waals surface area contributed by atoms with E-state index in [1.165, 1.54) is 25.3 Å². The molecule has 0 aromatic heterocycles. The van der Waals surface area contributed by atoms with Gasteiger partial charge in [-0.3, -0.25) is 0 Å². The third kappa shape index (κ3) is 1.85. The molecule has 5 N–H and O–H groups in total. The van der Waals surface area contributed by atoms with Gasteiger partial charge in [-0.1, -0.05) is 0 Å². The summed E-state index contributed by atoms with van der Waals surface area (Å²) in [5.41, 5.74) is 7.20. The van der Waals surface area contributed by atoms with Crippen molar-refractivity contribution in [2.75, 3.05) is 0 Å². The summed E-state index contributed by atoms with van der Waals surface area (Å²) in [4.78, 5) is 0. The molecule has 21 heavy (non-hydrogen) atoms. The zero-order valence-corrected chi connectivity index (χ0v) is 12.1. The number of benzene rings is 1. The van der Waals surface area contributed by atoms with E-state index in [1.807, 2.05) is 0 Å². The quantitative estimate of drug-likeness (QED) is 0.630. The van der Waals surface area contributed by atoms with Gasteiger partial charge >= 0.3 is 0 Å². The van der Waals surface area contributed by atoms with Gasteiger partial charge < -0.3 is 21.1 Å². The molecule has 5 rings (SSSR count). The third-order valence-electron chi connectivity index (χ3n) is 6.24. The zero-order valence-electron chi connectivity index (χ0n) is 12.1. The summed E-state index contributed by atoms with van der Waals surface area (Å²) in [6.45, 7) is 0. The highest BCUT2D eigenvalue weighted by Gasteiger charge is 2.54. The average molecular weight is 289 g/mol. The Balaban J connectivity index is 1.72. The molecule has 114 valence electrons. The lowest BCUT2D eigenvalue weighted by Crippen LogP contribution is -2.50. The number of aromatic hydroxyl groups is 3. The number of phenols is 3. The number of hydrogen-bond donors (Lipinski definition) is 4. The second kappa shape index (κ2) is 4.29. The average Bonchev–Trinajstić information content (AvgIpc) is 2.43. The van der Waals surface area contributed by atoms with Crippen LogP contribution in [0.2, 0.25) is 0 Å². The van der Waals surface area contributed by atoms with Crippen LogP contribution < -0.4 is 5.73 Å². The van der Waals surface area contributed by atoms with E-state index in [-0.39, 0.29) is 23.0 Å². The first-order valence-corrected chi connectivity index (χ1v) is 7.98. The fourth-order valence-electron chi connectivity index (χ4n) is 5.72. The van der Waals surface area contributed by atoms with Gasteiger partial charge in [0.05, 0.1) is 0 Å². The molecule has 1 aromatic carbocycles. The van der Waals surface area contributed by atoms with E-state index < -0.39 is 5.75 Å². The van der Waals surface area contributed by atoms with Crippen LogP contribution in [0, 0.1) is 23.2 Å². The van der Waals surface area contributed by atoms with Crippen molar-refractivity contribution in [3.63, 3.8) is 0 Å².